The van der Waals surface area contributed by atoms with Crippen LogP contribution >= 0.6 is 23.2 Å². The lowest BCUT2D eigenvalue weighted by Gasteiger charge is -2.36. The predicted octanol–water partition coefficient (Wildman–Crippen LogP) is 6.30. The minimum Gasteiger partial charge on any atom is -0.377 e. The lowest BCUT2D eigenvalue weighted by Crippen LogP contribution is -2.34. The molecule has 1 unspecified atom stereocenters. The molecule has 2 N–H and O–H groups in total. The van der Waals surface area contributed by atoms with Crippen LogP contribution in [0.2, 0.25) is 10.0 Å². The van der Waals surface area contributed by atoms with Gasteiger partial charge in [-0.2, -0.15) is 0 Å². The van der Waals surface area contributed by atoms with E-state index in [9.17, 15) is 4.39 Å². The van der Waals surface area contributed by atoms with Crippen molar-refractivity contribution in [3.8, 4) is 0 Å². The van der Waals surface area contributed by atoms with Crippen molar-refractivity contribution in [3.05, 3.63) is 69.5 Å². The van der Waals surface area contributed by atoms with Crippen molar-refractivity contribution >= 4 is 23.2 Å². The van der Waals surface area contributed by atoms with Gasteiger partial charge in [0.25, 0.3) is 0 Å². The Morgan fingerprint density at radius 1 is 1.08 bits per heavy atom. The number of halogens is 3. The first-order valence-electron chi connectivity index (χ1n) is 9.04. The number of nitrogens with two attached hydrogens (primary N) is 1. The zero-order valence-electron chi connectivity index (χ0n) is 14.7. The zero-order chi connectivity index (χ0) is 18.6. The summed E-state index contributed by atoms with van der Waals surface area (Å²) in [5.74, 6) is -0.386. The van der Waals surface area contributed by atoms with E-state index in [2.05, 4.69) is 0 Å². The summed E-state index contributed by atoms with van der Waals surface area (Å²) in [7, 11) is 0. The van der Waals surface area contributed by atoms with Gasteiger partial charge in [-0.1, -0.05) is 66.4 Å². The maximum atomic E-state index is 14.5. The highest BCUT2D eigenvalue weighted by molar-refractivity contribution is 6.42. The Balaban J connectivity index is 1.70. The zero-order valence-corrected chi connectivity index (χ0v) is 16.2. The van der Waals surface area contributed by atoms with Crippen molar-refractivity contribution in [2.45, 2.75) is 44.8 Å². The fourth-order valence-corrected chi connectivity index (χ4v) is 4.40. The monoisotopic (exact) mass is 395 g/mol. The van der Waals surface area contributed by atoms with E-state index in [0.717, 1.165) is 37.7 Å². The van der Waals surface area contributed by atoms with Gasteiger partial charge in [-0.25, -0.2) is 4.39 Å². The van der Waals surface area contributed by atoms with Crippen LogP contribution in [0.3, 0.4) is 0 Å². The first kappa shape index (κ1) is 19.6. The molecule has 0 saturated heterocycles. The highest BCUT2D eigenvalue weighted by Gasteiger charge is 2.41. The van der Waals surface area contributed by atoms with Crippen LogP contribution in [0.25, 0.3) is 0 Å². The standard InChI is InChI=1S/C21H24Cl2FNO/c22-16-8-9-17(24)18(19(16)23)20(25)21(10-4-5-11-21)12-13-26-14-15-6-2-1-3-7-15/h1-3,6-9,20H,4-5,10-14,25H2. The molecule has 0 aliphatic heterocycles. The molecule has 0 spiro atoms. The molecule has 3 rings (SSSR count). The van der Waals surface area contributed by atoms with E-state index in [1.165, 1.54) is 12.1 Å². The highest BCUT2D eigenvalue weighted by Crippen LogP contribution is 2.51. The number of benzene rings is 2. The van der Waals surface area contributed by atoms with Gasteiger partial charge in [0.2, 0.25) is 0 Å². The quantitative estimate of drug-likeness (QED) is 0.440. The number of rotatable bonds is 7. The summed E-state index contributed by atoms with van der Waals surface area (Å²) in [6.45, 7) is 1.15. The van der Waals surface area contributed by atoms with Crippen molar-refractivity contribution in [1.29, 1.82) is 0 Å². The van der Waals surface area contributed by atoms with Gasteiger partial charge >= 0.3 is 0 Å². The van der Waals surface area contributed by atoms with E-state index in [-0.39, 0.29) is 16.3 Å². The molecule has 1 aliphatic rings. The SMILES string of the molecule is NC(c1c(F)ccc(Cl)c1Cl)C1(CCOCc2ccccc2)CCCC1. The van der Waals surface area contributed by atoms with Gasteiger partial charge in [0.05, 0.1) is 16.7 Å². The minimum absolute atomic E-state index is 0.203. The molecule has 2 aromatic rings. The average Bonchev–Trinajstić information content (AvgIpc) is 3.13. The van der Waals surface area contributed by atoms with Crippen LogP contribution in [0.1, 0.15) is 49.3 Å². The summed E-state index contributed by atoms with van der Waals surface area (Å²) in [5, 5.41) is 0.572. The van der Waals surface area contributed by atoms with Gasteiger partial charge < -0.3 is 10.5 Å². The van der Waals surface area contributed by atoms with Crippen molar-refractivity contribution in [2.75, 3.05) is 6.61 Å². The first-order valence-corrected chi connectivity index (χ1v) is 9.80. The molecule has 5 heteroatoms. The van der Waals surface area contributed by atoms with Gasteiger partial charge in [0.15, 0.2) is 0 Å². The van der Waals surface area contributed by atoms with Gasteiger partial charge in [-0.05, 0) is 42.4 Å². The van der Waals surface area contributed by atoms with Gasteiger partial charge in [0, 0.05) is 18.2 Å². The second-order valence-corrected chi connectivity index (χ2v) is 7.88. The molecule has 0 aromatic heterocycles. The minimum atomic E-state index is -0.489. The van der Waals surface area contributed by atoms with Crippen LogP contribution in [0.15, 0.2) is 42.5 Å². The molecule has 26 heavy (non-hydrogen) atoms. The van der Waals surface area contributed by atoms with E-state index >= 15 is 0 Å². The van der Waals surface area contributed by atoms with Gasteiger partial charge in [-0.3, -0.25) is 0 Å². The fraction of sp³-hybridized carbons (Fsp3) is 0.429. The normalized spacial score (nSPS) is 17.4. The molecule has 0 heterocycles. The van der Waals surface area contributed by atoms with Crippen LogP contribution in [-0.4, -0.2) is 6.61 Å². The van der Waals surface area contributed by atoms with E-state index in [1.54, 1.807) is 0 Å². The number of ether oxygens (including phenoxy) is 1. The lowest BCUT2D eigenvalue weighted by atomic mass is 9.73. The second-order valence-electron chi connectivity index (χ2n) is 7.09. The third kappa shape index (κ3) is 4.23. The third-order valence-electron chi connectivity index (χ3n) is 5.51. The molecule has 1 atom stereocenters. The Kier molecular flexibility index (Phi) is 6.57. The first-order chi connectivity index (χ1) is 12.5. The molecular formula is C21H24Cl2FNO. The van der Waals surface area contributed by atoms with Gasteiger partial charge in [-0.15, -0.1) is 0 Å². The van der Waals surface area contributed by atoms with Crippen LogP contribution in [0.5, 0.6) is 0 Å². The van der Waals surface area contributed by atoms with E-state index in [0.29, 0.717) is 23.8 Å². The molecule has 0 bridgehead atoms. The van der Waals surface area contributed by atoms with Crippen LogP contribution in [0, 0.1) is 11.2 Å². The van der Waals surface area contributed by atoms with Crippen molar-refractivity contribution in [1.82, 2.24) is 0 Å². The maximum absolute atomic E-state index is 14.5. The molecule has 2 nitrogen and oxygen atoms in total. The molecule has 1 saturated carbocycles. The summed E-state index contributed by atoms with van der Waals surface area (Å²) in [5.41, 5.74) is 7.84. The lowest BCUT2D eigenvalue weighted by molar-refractivity contribution is 0.0727. The Morgan fingerprint density at radius 3 is 2.46 bits per heavy atom. The van der Waals surface area contributed by atoms with Gasteiger partial charge in [0.1, 0.15) is 5.82 Å². The van der Waals surface area contributed by atoms with E-state index in [4.69, 9.17) is 33.7 Å². The second kappa shape index (κ2) is 8.71. The smallest absolute Gasteiger partial charge is 0.129 e. The molecule has 1 fully saturated rings. The highest BCUT2D eigenvalue weighted by atomic mass is 35.5. The Hall–Kier alpha value is -1.13. The fourth-order valence-electron chi connectivity index (χ4n) is 3.97. The summed E-state index contributed by atoms with van der Waals surface area (Å²) >= 11 is 12.4. The summed E-state index contributed by atoms with van der Waals surface area (Å²) in [6, 6.07) is 12.4. The number of hydrogen-bond acceptors (Lipinski definition) is 2. The Morgan fingerprint density at radius 2 is 1.77 bits per heavy atom. The predicted molar refractivity (Wildman–Crippen MR) is 105 cm³/mol. The summed E-state index contributed by atoms with van der Waals surface area (Å²) < 4.78 is 20.3. The molecule has 2 aromatic carbocycles. The van der Waals surface area contributed by atoms with Crippen LogP contribution < -0.4 is 5.73 Å². The average molecular weight is 396 g/mol. The molecular weight excluding hydrogens is 372 g/mol. The van der Waals surface area contributed by atoms with Crippen molar-refractivity contribution in [2.24, 2.45) is 11.1 Å². The van der Waals surface area contributed by atoms with E-state index < -0.39 is 6.04 Å². The third-order valence-corrected chi connectivity index (χ3v) is 6.32. The van der Waals surface area contributed by atoms with Crippen molar-refractivity contribution < 1.29 is 9.13 Å². The van der Waals surface area contributed by atoms with E-state index in [1.807, 2.05) is 30.3 Å². The Bertz CT molecular complexity index is 732. The molecule has 140 valence electrons. The van der Waals surface area contributed by atoms with Crippen molar-refractivity contribution in [3.63, 3.8) is 0 Å². The summed E-state index contributed by atoms with van der Waals surface area (Å²) in [6.07, 6.45) is 4.86. The summed E-state index contributed by atoms with van der Waals surface area (Å²) in [4.78, 5) is 0. The van der Waals surface area contributed by atoms with Crippen LogP contribution in [-0.2, 0) is 11.3 Å². The topological polar surface area (TPSA) is 35.2 Å². The Labute approximate surface area is 164 Å². The largest absolute Gasteiger partial charge is 0.377 e. The molecule has 0 radical (unpaired) electrons. The van der Waals surface area contributed by atoms with Crippen LogP contribution in [0.4, 0.5) is 4.39 Å². The maximum Gasteiger partial charge on any atom is 0.129 e. The molecule has 1 aliphatic carbocycles. The molecule has 0 amide bonds. The number of hydrogen-bond donors (Lipinski definition) is 1.